The average molecular weight is 523 g/mol. The second kappa shape index (κ2) is 10.3. The number of carbonyl (C=O) groups is 1. The van der Waals surface area contributed by atoms with Crippen molar-refractivity contribution in [3.63, 3.8) is 0 Å². The van der Waals surface area contributed by atoms with Crippen LogP contribution in [-0.2, 0) is 4.79 Å². The van der Waals surface area contributed by atoms with Crippen molar-refractivity contribution < 1.29 is 9.53 Å². The number of hydrogen-bond donors (Lipinski definition) is 3. The van der Waals surface area contributed by atoms with E-state index in [1.54, 1.807) is 12.4 Å². The van der Waals surface area contributed by atoms with E-state index in [0.29, 0.717) is 23.6 Å². The van der Waals surface area contributed by atoms with Gasteiger partial charge in [0.25, 0.3) is 0 Å². The van der Waals surface area contributed by atoms with Gasteiger partial charge in [-0.1, -0.05) is 38.1 Å². The topological polar surface area (TPSA) is 101 Å². The van der Waals surface area contributed by atoms with Crippen LogP contribution in [0, 0.1) is 18.3 Å². The molecule has 8 heteroatoms. The van der Waals surface area contributed by atoms with E-state index in [4.69, 9.17) is 9.72 Å². The number of piperidine rings is 1. The second-order valence-electron chi connectivity index (χ2n) is 11.3. The third-order valence-corrected chi connectivity index (χ3v) is 7.83. The lowest BCUT2D eigenvalue weighted by molar-refractivity contribution is -0.117. The number of nitrogens with one attached hydrogen (secondary N) is 3. The summed E-state index contributed by atoms with van der Waals surface area (Å²) in [7, 11) is 0. The van der Waals surface area contributed by atoms with Crippen LogP contribution in [0.5, 0.6) is 11.6 Å². The van der Waals surface area contributed by atoms with Crippen molar-refractivity contribution in [2.45, 2.75) is 46.1 Å². The fourth-order valence-corrected chi connectivity index (χ4v) is 5.32. The number of carbonyl (C=O) groups excluding carboxylic acids is 1. The molecule has 8 nitrogen and oxygen atoms in total. The van der Waals surface area contributed by atoms with Crippen LogP contribution >= 0.6 is 0 Å². The Labute approximate surface area is 228 Å². The number of fused-ring (bicyclic) bond motifs is 1. The van der Waals surface area contributed by atoms with E-state index < -0.39 is 0 Å². The number of ether oxygens (including phenoxy) is 1. The Balaban J connectivity index is 1.30. The molecule has 3 N–H and O–H groups in total. The van der Waals surface area contributed by atoms with Crippen LogP contribution in [0.25, 0.3) is 22.0 Å². The number of nitrogens with zero attached hydrogens (tertiary/aromatic N) is 3. The van der Waals surface area contributed by atoms with Crippen LogP contribution in [0.3, 0.4) is 0 Å². The summed E-state index contributed by atoms with van der Waals surface area (Å²) in [6.45, 7) is 8.22. The lowest BCUT2D eigenvalue weighted by Gasteiger charge is -2.23. The largest absolute Gasteiger partial charge is 0.437 e. The van der Waals surface area contributed by atoms with Crippen LogP contribution in [0.15, 0.2) is 60.9 Å². The Morgan fingerprint density at radius 2 is 1.92 bits per heavy atom. The maximum atomic E-state index is 12.9. The van der Waals surface area contributed by atoms with Crippen molar-refractivity contribution in [2.24, 2.45) is 11.3 Å². The van der Waals surface area contributed by atoms with E-state index in [2.05, 4.69) is 39.8 Å². The van der Waals surface area contributed by atoms with Crippen LogP contribution < -0.4 is 20.7 Å². The van der Waals surface area contributed by atoms with Gasteiger partial charge < -0.3 is 20.7 Å². The highest BCUT2D eigenvalue weighted by Gasteiger charge is 2.50. The van der Waals surface area contributed by atoms with Crippen molar-refractivity contribution in [3.8, 4) is 22.9 Å². The minimum absolute atomic E-state index is 0.0478. The molecule has 39 heavy (non-hydrogen) atoms. The van der Waals surface area contributed by atoms with Gasteiger partial charge in [-0.25, -0.2) is 15.0 Å². The molecule has 0 radical (unpaired) electrons. The Morgan fingerprint density at radius 1 is 1.05 bits per heavy atom. The summed E-state index contributed by atoms with van der Waals surface area (Å²) in [5.74, 6) is 1.88. The van der Waals surface area contributed by atoms with Gasteiger partial charge in [0.15, 0.2) is 0 Å². The fraction of sp³-hybridized carbons (Fsp3) is 0.355. The van der Waals surface area contributed by atoms with E-state index in [0.717, 1.165) is 65.6 Å². The van der Waals surface area contributed by atoms with E-state index in [-0.39, 0.29) is 17.2 Å². The Morgan fingerprint density at radius 3 is 2.72 bits per heavy atom. The van der Waals surface area contributed by atoms with Gasteiger partial charge in [0.05, 0.1) is 11.3 Å². The molecule has 2 aliphatic rings. The fourth-order valence-electron chi connectivity index (χ4n) is 5.32. The first-order valence-corrected chi connectivity index (χ1v) is 13.7. The number of pyridine rings is 1. The van der Waals surface area contributed by atoms with Gasteiger partial charge in [0, 0.05) is 47.4 Å². The Bertz CT molecular complexity index is 1530. The number of rotatable bonds is 7. The monoisotopic (exact) mass is 522 g/mol. The summed E-state index contributed by atoms with van der Waals surface area (Å²) >= 11 is 0. The van der Waals surface area contributed by atoms with E-state index >= 15 is 0 Å². The molecule has 2 atom stereocenters. The smallest absolute Gasteiger partial charge is 0.228 e. The van der Waals surface area contributed by atoms with Crippen molar-refractivity contribution in [2.75, 3.05) is 23.7 Å². The van der Waals surface area contributed by atoms with Crippen LogP contribution in [0.4, 0.5) is 11.6 Å². The highest BCUT2D eigenvalue weighted by molar-refractivity contribution is 6.05. The third kappa shape index (κ3) is 5.29. The first-order chi connectivity index (χ1) is 18.9. The molecule has 6 rings (SSSR count). The molecule has 2 aromatic heterocycles. The van der Waals surface area contributed by atoms with Crippen molar-refractivity contribution in [1.82, 2.24) is 20.3 Å². The summed E-state index contributed by atoms with van der Waals surface area (Å²) in [5.41, 5.74) is 3.34. The summed E-state index contributed by atoms with van der Waals surface area (Å²) in [6, 6.07) is 16.0. The van der Waals surface area contributed by atoms with Crippen molar-refractivity contribution >= 4 is 28.3 Å². The van der Waals surface area contributed by atoms with E-state index in [1.165, 1.54) is 0 Å². The molecule has 1 saturated heterocycles. The second-order valence-corrected chi connectivity index (χ2v) is 11.3. The van der Waals surface area contributed by atoms with Gasteiger partial charge in [-0.3, -0.25) is 4.79 Å². The van der Waals surface area contributed by atoms with E-state index in [9.17, 15) is 4.79 Å². The number of amides is 1. The Kier molecular flexibility index (Phi) is 6.64. The third-order valence-electron chi connectivity index (χ3n) is 7.83. The first kappa shape index (κ1) is 25.2. The maximum absolute atomic E-state index is 12.9. The molecule has 1 saturated carbocycles. The lowest BCUT2D eigenvalue weighted by Crippen LogP contribution is -2.38. The predicted molar refractivity (Wildman–Crippen MR) is 154 cm³/mol. The van der Waals surface area contributed by atoms with Gasteiger partial charge in [-0.15, -0.1) is 0 Å². The van der Waals surface area contributed by atoms with Gasteiger partial charge in [-0.05, 0) is 68.0 Å². The lowest BCUT2D eigenvalue weighted by atomic mass is 10.0. The van der Waals surface area contributed by atoms with Crippen molar-refractivity contribution in [3.05, 3.63) is 66.5 Å². The molecule has 4 aromatic rings. The molecule has 1 amide bonds. The Hall–Kier alpha value is -4.04. The quantitative estimate of drug-likeness (QED) is 0.276. The molecular weight excluding hydrogens is 488 g/mol. The van der Waals surface area contributed by atoms with E-state index in [1.807, 2.05) is 55.5 Å². The summed E-state index contributed by atoms with van der Waals surface area (Å²) in [6.07, 6.45) is 6.61. The minimum atomic E-state index is 0.0478. The van der Waals surface area contributed by atoms with Crippen molar-refractivity contribution in [1.29, 1.82) is 0 Å². The molecule has 200 valence electrons. The highest BCUT2D eigenvalue weighted by atomic mass is 16.5. The molecule has 1 unspecified atom stereocenters. The van der Waals surface area contributed by atoms with Crippen LogP contribution in [0.1, 0.15) is 38.7 Å². The zero-order chi connectivity index (χ0) is 27.0. The predicted octanol–water partition coefficient (Wildman–Crippen LogP) is 5.94. The molecule has 1 aliphatic carbocycles. The number of benzene rings is 2. The summed E-state index contributed by atoms with van der Waals surface area (Å²) in [4.78, 5) is 26.7. The number of aromatic nitrogens is 3. The molecule has 3 heterocycles. The highest BCUT2D eigenvalue weighted by Crippen LogP contribution is 2.52. The standard InChI is InChI=1S/C31H34N6O2/c1-19-11-12-21-22(8-4-10-25(21)36-28(38)24-17-31(24,2)3)27(19)39-29-23(9-6-15-33-29)26-13-16-34-30(37-26)35-20-7-5-14-32-18-20/h4,6,8-13,15-16,20,24,32H,5,7,14,17-18H2,1-3H3,(H,36,38)(H,34,35,37)/t20?,24-/m0/s1. The van der Waals surface area contributed by atoms with Gasteiger partial charge in [-0.2, -0.15) is 0 Å². The van der Waals surface area contributed by atoms with Gasteiger partial charge >= 0.3 is 0 Å². The SMILES string of the molecule is Cc1ccc2c(NC(=O)[C@@H]3CC3(C)C)cccc2c1Oc1ncccc1-c1ccnc(NC2CCCNC2)n1. The van der Waals surface area contributed by atoms with Gasteiger partial charge in [0.1, 0.15) is 5.75 Å². The maximum Gasteiger partial charge on any atom is 0.228 e. The number of hydrogen-bond acceptors (Lipinski definition) is 7. The zero-order valence-corrected chi connectivity index (χ0v) is 22.6. The summed E-state index contributed by atoms with van der Waals surface area (Å²) in [5, 5.41) is 11.9. The molecule has 1 aliphatic heterocycles. The average Bonchev–Trinajstić information content (AvgIpc) is 3.59. The molecule has 0 bridgehead atoms. The van der Waals surface area contributed by atoms with Gasteiger partial charge in [0.2, 0.25) is 17.7 Å². The molecule has 0 spiro atoms. The molecular formula is C31H34N6O2. The molecule has 2 fully saturated rings. The first-order valence-electron chi connectivity index (χ1n) is 13.7. The van der Waals surface area contributed by atoms with Crippen LogP contribution in [-0.4, -0.2) is 40.0 Å². The number of anilines is 2. The zero-order valence-electron chi connectivity index (χ0n) is 22.6. The number of aryl methyl sites for hydroxylation is 1. The molecule has 2 aromatic carbocycles. The van der Waals surface area contributed by atoms with Crippen LogP contribution in [0.2, 0.25) is 0 Å². The summed E-state index contributed by atoms with van der Waals surface area (Å²) < 4.78 is 6.54. The normalized spacial score (nSPS) is 19.9. The minimum Gasteiger partial charge on any atom is -0.437 e.